The van der Waals surface area contributed by atoms with E-state index in [1.807, 2.05) is 42.5 Å². The first-order valence-electron chi connectivity index (χ1n) is 7.00. The number of anilines is 1. The zero-order valence-corrected chi connectivity index (χ0v) is 12.1. The highest BCUT2D eigenvalue weighted by molar-refractivity contribution is 7.99. The van der Waals surface area contributed by atoms with Crippen LogP contribution in [0.1, 0.15) is 23.2 Å². The Kier molecular flexibility index (Phi) is 2.86. The van der Waals surface area contributed by atoms with Crippen LogP contribution in [0, 0.1) is 5.92 Å². The van der Waals surface area contributed by atoms with Crippen LogP contribution in [0.3, 0.4) is 0 Å². The van der Waals surface area contributed by atoms with E-state index in [4.69, 9.17) is 0 Å². The molecule has 1 aliphatic heterocycles. The summed E-state index contributed by atoms with van der Waals surface area (Å²) in [7, 11) is 0. The number of carbonyl (C=O) groups excluding carboxylic acids is 2. The lowest BCUT2D eigenvalue weighted by Crippen LogP contribution is -2.38. The second-order valence-corrected chi connectivity index (χ2v) is 6.40. The minimum atomic E-state index is -0.208. The van der Waals surface area contributed by atoms with Crippen LogP contribution < -0.4 is 4.90 Å². The quantitative estimate of drug-likeness (QED) is 0.752. The lowest BCUT2D eigenvalue weighted by molar-refractivity contribution is -0.119. The summed E-state index contributed by atoms with van der Waals surface area (Å²) >= 11 is 1.55. The zero-order valence-electron chi connectivity index (χ0n) is 11.3. The molecule has 4 heteroatoms. The van der Waals surface area contributed by atoms with Gasteiger partial charge in [-0.3, -0.25) is 9.59 Å². The largest absolute Gasteiger partial charge is 0.274 e. The minimum absolute atomic E-state index is 0.0114. The van der Waals surface area contributed by atoms with Crippen molar-refractivity contribution in [1.29, 1.82) is 0 Å². The predicted octanol–water partition coefficient (Wildman–Crippen LogP) is 3.73. The van der Waals surface area contributed by atoms with E-state index >= 15 is 0 Å². The van der Waals surface area contributed by atoms with E-state index in [1.165, 1.54) is 4.90 Å². The number of hydrogen-bond donors (Lipinski definition) is 0. The fourth-order valence-electron chi connectivity index (χ4n) is 2.54. The van der Waals surface area contributed by atoms with Crippen molar-refractivity contribution in [3.8, 4) is 0 Å². The van der Waals surface area contributed by atoms with Crippen molar-refractivity contribution in [2.75, 3.05) is 4.90 Å². The molecule has 0 saturated heterocycles. The van der Waals surface area contributed by atoms with Crippen molar-refractivity contribution in [3.05, 3.63) is 54.1 Å². The van der Waals surface area contributed by atoms with E-state index in [2.05, 4.69) is 0 Å². The molecule has 0 atom stereocenters. The number of para-hydroxylation sites is 1. The van der Waals surface area contributed by atoms with Gasteiger partial charge in [-0.05, 0) is 37.1 Å². The van der Waals surface area contributed by atoms with Gasteiger partial charge in [-0.15, -0.1) is 0 Å². The highest BCUT2D eigenvalue weighted by atomic mass is 32.2. The maximum Gasteiger partial charge on any atom is 0.266 e. The zero-order chi connectivity index (χ0) is 14.4. The molecule has 2 aromatic carbocycles. The minimum Gasteiger partial charge on any atom is -0.274 e. The average molecular weight is 295 g/mol. The van der Waals surface area contributed by atoms with Gasteiger partial charge in [0, 0.05) is 15.7 Å². The van der Waals surface area contributed by atoms with E-state index in [-0.39, 0.29) is 17.7 Å². The smallest absolute Gasteiger partial charge is 0.266 e. The van der Waals surface area contributed by atoms with Crippen LogP contribution >= 0.6 is 11.8 Å². The van der Waals surface area contributed by atoms with Gasteiger partial charge in [-0.25, -0.2) is 4.90 Å². The predicted molar refractivity (Wildman–Crippen MR) is 81.5 cm³/mol. The van der Waals surface area contributed by atoms with Gasteiger partial charge in [0.1, 0.15) is 0 Å². The molecule has 1 saturated carbocycles. The molecule has 1 heterocycles. The van der Waals surface area contributed by atoms with Crippen LogP contribution in [-0.4, -0.2) is 11.8 Å². The summed E-state index contributed by atoms with van der Waals surface area (Å²) in [6.07, 6.45) is 1.78. The van der Waals surface area contributed by atoms with Gasteiger partial charge in [0.25, 0.3) is 5.91 Å². The third-order valence-electron chi connectivity index (χ3n) is 3.79. The van der Waals surface area contributed by atoms with E-state index in [0.29, 0.717) is 11.3 Å². The molecule has 4 rings (SSSR count). The molecule has 104 valence electrons. The van der Waals surface area contributed by atoms with Gasteiger partial charge < -0.3 is 0 Å². The third-order valence-corrected chi connectivity index (χ3v) is 4.93. The van der Waals surface area contributed by atoms with E-state index < -0.39 is 0 Å². The van der Waals surface area contributed by atoms with E-state index in [9.17, 15) is 9.59 Å². The number of amides is 2. The van der Waals surface area contributed by atoms with Gasteiger partial charge in [0.2, 0.25) is 5.91 Å². The van der Waals surface area contributed by atoms with Crippen LogP contribution in [0.5, 0.6) is 0 Å². The molecule has 0 radical (unpaired) electrons. The molecule has 0 bridgehead atoms. The second-order valence-electron chi connectivity index (χ2n) is 5.32. The Morgan fingerprint density at radius 2 is 1.67 bits per heavy atom. The Labute approximate surface area is 127 Å². The van der Waals surface area contributed by atoms with Gasteiger partial charge in [0.05, 0.1) is 11.3 Å². The third kappa shape index (κ3) is 2.07. The molecule has 0 unspecified atom stereocenters. The molecule has 2 aliphatic rings. The van der Waals surface area contributed by atoms with Crippen molar-refractivity contribution in [2.45, 2.75) is 22.6 Å². The van der Waals surface area contributed by atoms with Crippen molar-refractivity contribution in [2.24, 2.45) is 5.92 Å². The first kappa shape index (κ1) is 12.7. The topological polar surface area (TPSA) is 37.4 Å². The first-order chi connectivity index (χ1) is 10.3. The van der Waals surface area contributed by atoms with Crippen LogP contribution in [0.15, 0.2) is 58.3 Å². The molecular weight excluding hydrogens is 282 g/mol. The Morgan fingerprint density at radius 1 is 1.00 bits per heavy atom. The summed E-state index contributed by atoms with van der Waals surface area (Å²) < 4.78 is 0. The molecule has 21 heavy (non-hydrogen) atoms. The van der Waals surface area contributed by atoms with Gasteiger partial charge in [-0.2, -0.15) is 0 Å². The summed E-state index contributed by atoms with van der Waals surface area (Å²) in [5.41, 5.74) is 1.31. The molecule has 3 nitrogen and oxygen atoms in total. The van der Waals surface area contributed by atoms with Crippen molar-refractivity contribution < 1.29 is 9.59 Å². The van der Waals surface area contributed by atoms with Gasteiger partial charge in [0.15, 0.2) is 0 Å². The Bertz CT molecular complexity index is 752. The molecular formula is C17H13NO2S. The number of imide groups is 1. The monoisotopic (exact) mass is 295 g/mol. The first-order valence-corrected chi connectivity index (χ1v) is 7.81. The van der Waals surface area contributed by atoms with Gasteiger partial charge in [-0.1, -0.05) is 36.0 Å². The molecule has 1 fully saturated rings. The standard InChI is InChI=1S/C17H13NO2S/c19-16(11-9-10-11)18-13-6-2-4-8-15(13)21-14-7-3-1-5-12(14)17(18)20/h1-8,11H,9-10H2. The Morgan fingerprint density at radius 3 is 2.43 bits per heavy atom. The summed E-state index contributed by atoms with van der Waals surface area (Å²) in [5, 5.41) is 0. The summed E-state index contributed by atoms with van der Waals surface area (Å²) in [5.74, 6) is -0.262. The highest BCUT2D eigenvalue weighted by Crippen LogP contribution is 2.43. The number of fused-ring (bicyclic) bond motifs is 2. The SMILES string of the molecule is O=C1c2ccccc2Sc2ccccc2N1C(=O)C1CC1. The van der Waals surface area contributed by atoms with Crippen LogP contribution in [0.2, 0.25) is 0 Å². The molecule has 0 N–H and O–H groups in total. The molecule has 2 amide bonds. The maximum atomic E-state index is 12.9. The number of nitrogens with zero attached hydrogens (tertiary/aromatic N) is 1. The lowest BCUT2D eigenvalue weighted by Gasteiger charge is -2.20. The van der Waals surface area contributed by atoms with Gasteiger partial charge >= 0.3 is 0 Å². The maximum absolute atomic E-state index is 12.9. The number of benzene rings is 2. The van der Waals surface area contributed by atoms with Crippen LogP contribution in [0.4, 0.5) is 5.69 Å². The normalized spacial score (nSPS) is 17.0. The number of carbonyl (C=O) groups is 2. The summed E-state index contributed by atoms with van der Waals surface area (Å²) in [6, 6.07) is 15.1. The Hall–Kier alpha value is -2.07. The molecule has 2 aromatic rings. The summed E-state index contributed by atoms with van der Waals surface area (Å²) in [6.45, 7) is 0. The van der Waals surface area contributed by atoms with E-state index in [1.54, 1.807) is 17.8 Å². The highest BCUT2D eigenvalue weighted by Gasteiger charge is 2.39. The Balaban J connectivity index is 1.92. The summed E-state index contributed by atoms with van der Waals surface area (Å²) in [4.78, 5) is 28.7. The fourth-order valence-corrected chi connectivity index (χ4v) is 3.60. The lowest BCUT2D eigenvalue weighted by atomic mass is 10.1. The van der Waals surface area contributed by atoms with Crippen molar-refractivity contribution >= 4 is 29.3 Å². The fraction of sp³-hybridized carbons (Fsp3) is 0.176. The molecule has 1 aliphatic carbocycles. The van der Waals surface area contributed by atoms with Crippen molar-refractivity contribution in [3.63, 3.8) is 0 Å². The molecule has 0 aromatic heterocycles. The molecule has 0 spiro atoms. The second kappa shape index (κ2) is 4.74. The van der Waals surface area contributed by atoms with Crippen molar-refractivity contribution in [1.82, 2.24) is 0 Å². The van der Waals surface area contributed by atoms with E-state index in [0.717, 1.165) is 22.6 Å². The number of rotatable bonds is 1. The average Bonchev–Trinajstić information content (AvgIpc) is 3.34. The van der Waals surface area contributed by atoms with Crippen LogP contribution in [-0.2, 0) is 4.79 Å². The number of hydrogen-bond acceptors (Lipinski definition) is 3. The van der Waals surface area contributed by atoms with Crippen LogP contribution in [0.25, 0.3) is 0 Å².